The van der Waals surface area contributed by atoms with Gasteiger partial charge < -0.3 is 5.73 Å². The van der Waals surface area contributed by atoms with Crippen molar-refractivity contribution in [2.75, 3.05) is 0 Å². The molecule has 1 heterocycles. The lowest BCUT2D eigenvalue weighted by Crippen LogP contribution is -2.19. The van der Waals surface area contributed by atoms with Crippen LogP contribution in [-0.2, 0) is 6.54 Å². The van der Waals surface area contributed by atoms with Crippen molar-refractivity contribution in [3.8, 4) is 0 Å². The lowest BCUT2D eigenvalue weighted by molar-refractivity contribution is 0.534. The Hall–Kier alpha value is -1.24. The first-order valence-corrected chi connectivity index (χ1v) is 7.05. The quantitative estimate of drug-likeness (QED) is 0.909. The molecule has 2 aromatic rings. The van der Waals surface area contributed by atoms with Crippen molar-refractivity contribution in [2.24, 2.45) is 5.73 Å². The van der Waals surface area contributed by atoms with Gasteiger partial charge in [-0.1, -0.05) is 17.7 Å². The van der Waals surface area contributed by atoms with Crippen LogP contribution in [0.25, 0.3) is 0 Å². The van der Waals surface area contributed by atoms with E-state index >= 15 is 0 Å². The smallest absolute Gasteiger partial charge is 0.326 e. The van der Waals surface area contributed by atoms with E-state index in [4.69, 9.17) is 17.3 Å². The van der Waals surface area contributed by atoms with E-state index < -0.39 is 0 Å². The number of halogens is 1. The van der Waals surface area contributed by atoms with E-state index in [9.17, 15) is 4.79 Å². The number of nitrogens with two attached hydrogens (primary N) is 1. The SMILES string of the molecule is CC(C)n1c(Sc2ccc(CN)c(Cl)c2)n[nH]c1=O. The van der Waals surface area contributed by atoms with Gasteiger partial charge in [0.2, 0.25) is 0 Å². The number of aromatic nitrogens is 3. The Morgan fingerprint density at radius 3 is 2.84 bits per heavy atom. The zero-order chi connectivity index (χ0) is 14.0. The summed E-state index contributed by atoms with van der Waals surface area (Å²) < 4.78 is 1.61. The first-order chi connectivity index (χ1) is 9.02. The molecular weight excluding hydrogens is 284 g/mol. The van der Waals surface area contributed by atoms with E-state index in [1.807, 2.05) is 32.0 Å². The molecule has 3 N–H and O–H groups in total. The van der Waals surface area contributed by atoms with Crippen molar-refractivity contribution < 1.29 is 0 Å². The summed E-state index contributed by atoms with van der Waals surface area (Å²) in [5, 5.41) is 7.73. The Kier molecular flexibility index (Phi) is 4.34. The van der Waals surface area contributed by atoms with Gasteiger partial charge in [-0.15, -0.1) is 5.10 Å². The summed E-state index contributed by atoms with van der Waals surface area (Å²) in [6.45, 7) is 4.28. The molecule has 7 heteroatoms. The van der Waals surface area contributed by atoms with Gasteiger partial charge in [-0.3, -0.25) is 4.57 Å². The van der Waals surface area contributed by atoms with E-state index in [-0.39, 0.29) is 11.7 Å². The van der Waals surface area contributed by atoms with Crippen LogP contribution in [0.1, 0.15) is 25.5 Å². The Morgan fingerprint density at radius 2 is 2.26 bits per heavy atom. The molecule has 0 aliphatic carbocycles. The highest BCUT2D eigenvalue weighted by Crippen LogP contribution is 2.29. The van der Waals surface area contributed by atoms with Crippen molar-refractivity contribution in [3.63, 3.8) is 0 Å². The second-order valence-corrected chi connectivity index (χ2v) is 5.78. The minimum atomic E-state index is -0.206. The molecule has 0 saturated heterocycles. The fraction of sp³-hybridized carbons (Fsp3) is 0.333. The number of hydrogen-bond donors (Lipinski definition) is 2. The minimum absolute atomic E-state index is 0.0486. The molecule has 0 bridgehead atoms. The molecule has 1 aromatic heterocycles. The van der Waals surface area contributed by atoms with Gasteiger partial charge in [0.25, 0.3) is 0 Å². The first kappa shape index (κ1) is 14.2. The molecule has 5 nitrogen and oxygen atoms in total. The van der Waals surface area contributed by atoms with Crippen molar-refractivity contribution in [1.82, 2.24) is 14.8 Å². The highest BCUT2D eigenvalue weighted by molar-refractivity contribution is 7.99. The maximum absolute atomic E-state index is 11.6. The monoisotopic (exact) mass is 298 g/mol. The molecule has 2 rings (SSSR count). The first-order valence-electron chi connectivity index (χ1n) is 5.86. The summed E-state index contributed by atoms with van der Waals surface area (Å²) in [6, 6.07) is 5.68. The van der Waals surface area contributed by atoms with Crippen molar-refractivity contribution in [1.29, 1.82) is 0 Å². The Balaban J connectivity index is 2.31. The minimum Gasteiger partial charge on any atom is -0.326 e. The molecule has 0 aliphatic rings. The molecule has 0 saturated carbocycles. The van der Waals surface area contributed by atoms with Gasteiger partial charge in [0.05, 0.1) is 0 Å². The van der Waals surface area contributed by atoms with Crippen molar-refractivity contribution in [2.45, 2.75) is 36.5 Å². The van der Waals surface area contributed by atoms with Gasteiger partial charge in [-0.05, 0) is 43.3 Å². The number of nitrogens with zero attached hydrogens (tertiary/aromatic N) is 2. The van der Waals surface area contributed by atoms with Crippen molar-refractivity contribution >= 4 is 23.4 Å². The van der Waals surface area contributed by atoms with Crippen LogP contribution < -0.4 is 11.4 Å². The van der Waals surface area contributed by atoms with E-state index in [0.717, 1.165) is 10.5 Å². The average Bonchev–Trinajstić information content (AvgIpc) is 2.70. The van der Waals surface area contributed by atoms with Crippen molar-refractivity contribution in [3.05, 3.63) is 39.3 Å². The lowest BCUT2D eigenvalue weighted by atomic mass is 10.2. The predicted octanol–water partition coefficient (Wildman–Crippen LogP) is 2.42. The highest BCUT2D eigenvalue weighted by Gasteiger charge is 2.13. The zero-order valence-corrected chi connectivity index (χ0v) is 12.3. The summed E-state index contributed by atoms with van der Waals surface area (Å²) in [6.07, 6.45) is 0. The van der Waals surface area contributed by atoms with Gasteiger partial charge in [0.1, 0.15) is 0 Å². The third kappa shape index (κ3) is 3.02. The topological polar surface area (TPSA) is 76.7 Å². The second-order valence-electron chi connectivity index (χ2n) is 4.33. The predicted molar refractivity (Wildman–Crippen MR) is 76.7 cm³/mol. The maximum atomic E-state index is 11.6. The van der Waals surface area contributed by atoms with Crippen LogP contribution in [-0.4, -0.2) is 14.8 Å². The Morgan fingerprint density at radius 1 is 1.53 bits per heavy atom. The van der Waals surface area contributed by atoms with Gasteiger partial charge in [-0.2, -0.15) is 0 Å². The largest absolute Gasteiger partial charge is 0.344 e. The van der Waals surface area contributed by atoms with Crippen LogP contribution in [0.5, 0.6) is 0 Å². The standard InChI is InChI=1S/C12H15ClN4OS/c1-7(2)17-11(18)15-16-12(17)19-9-4-3-8(6-14)10(13)5-9/h3-5,7H,6,14H2,1-2H3,(H,15,18). The van der Waals surface area contributed by atoms with Gasteiger partial charge in [0, 0.05) is 22.5 Å². The fourth-order valence-electron chi connectivity index (χ4n) is 1.68. The van der Waals surface area contributed by atoms with Crippen LogP contribution in [0.2, 0.25) is 5.02 Å². The van der Waals surface area contributed by atoms with Gasteiger partial charge in [0.15, 0.2) is 5.16 Å². The number of aromatic amines is 1. The van der Waals surface area contributed by atoms with Crippen LogP contribution in [0.4, 0.5) is 0 Å². The highest BCUT2D eigenvalue weighted by atomic mass is 35.5. The number of nitrogens with one attached hydrogen (secondary N) is 1. The van der Waals surface area contributed by atoms with Crippen LogP contribution in [0, 0.1) is 0 Å². The van der Waals surface area contributed by atoms with E-state index in [2.05, 4.69) is 10.2 Å². The molecule has 0 unspecified atom stereocenters. The molecule has 102 valence electrons. The van der Waals surface area contributed by atoms with Gasteiger partial charge >= 0.3 is 5.69 Å². The Labute approximate surface area is 120 Å². The average molecular weight is 299 g/mol. The summed E-state index contributed by atoms with van der Waals surface area (Å²) >= 11 is 7.51. The molecule has 0 aliphatic heterocycles. The number of benzene rings is 1. The number of hydrogen-bond acceptors (Lipinski definition) is 4. The number of H-pyrrole nitrogens is 1. The summed E-state index contributed by atoms with van der Waals surface area (Å²) in [4.78, 5) is 12.5. The summed E-state index contributed by atoms with van der Waals surface area (Å²) in [5.41, 5.74) is 6.26. The van der Waals surface area contributed by atoms with Crippen LogP contribution >= 0.6 is 23.4 Å². The number of rotatable bonds is 4. The Bertz CT molecular complexity index is 635. The molecule has 0 radical (unpaired) electrons. The molecule has 0 atom stereocenters. The van der Waals surface area contributed by atoms with E-state index in [1.54, 1.807) is 4.57 Å². The zero-order valence-electron chi connectivity index (χ0n) is 10.7. The molecule has 0 amide bonds. The summed E-state index contributed by atoms with van der Waals surface area (Å²) in [7, 11) is 0. The van der Waals surface area contributed by atoms with Crippen LogP contribution in [0.15, 0.2) is 33.0 Å². The maximum Gasteiger partial charge on any atom is 0.344 e. The normalized spacial score (nSPS) is 11.2. The summed E-state index contributed by atoms with van der Waals surface area (Å²) in [5.74, 6) is 0. The van der Waals surface area contributed by atoms with Crippen LogP contribution in [0.3, 0.4) is 0 Å². The fourth-order valence-corrected chi connectivity index (χ4v) is 3.01. The third-order valence-corrected chi connectivity index (χ3v) is 3.95. The van der Waals surface area contributed by atoms with E-state index in [1.165, 1.54) is 11.8 Å². The molecule has 0 fully saturated rings. The molecular formula is C12H15ClN4OS. The van der Waals surface area contributed by atoms with E-state index in [0.29, 0.717) is 16.7 Å². The molecule has 0 spiro atoms. The molecule has 1 aromatic carbocycles. The lowest BCUT2D eigenvalue weighted by Gasteiger charge is -2.09. The second kappa shape index (κ2) is 5.81. The molecule has 19 heavy (non-hydrogen) atoms. The third-order valence-electron chi connectivity index (χ3n) is 2.64. The van der Waals surface area contributed by atoms with Gasteiger partial charge in [-0.25, -0.2) is 9.89 Å².